The van der Waals surface area contributed by atoms with E-state index in [0.717, 1.165) is 9.79 Å². The lowest BCUT2D eigenvalue weighted by Gasteiger charge is -2.49. The first kappa shape index (κ1) is 30.3. The Morgan fingerprint density at radius 2 is 1.98 bits per heavy atom. The molecule has 1 saturated heterocycles. The van der Waals surface area contributed by atoms with Crippen LogP contribution in [0.2, 0.25) is 5.02 Å². The molecule has 1 fully saturated rings. The quantitative estimate of drug-likeness (QED) is 0.168. The molecule has 4 N–H and O–H groups in total. The number of carboxylic acid groups (broad SMARTS) is 2. The van der Waals surface area contributed by atoms with Crippen LogP contribution < -0.4 is 20.7 Å². The number of nitrogens with zero attached hydrogens (tertiary/aromatic N) is 2. The van der Waals surface area contributed by atoms with E-state index in [2.05, 4.69) is 5.32 Å². The van der Waals surface area contributed by atoms with Gasteiger partial charge < -0.3 is 26.1 Å². The molecule has 2 aliphatic rings. The van der Waals surface area contributed by atoms with Crippen molar-refractivity contribution in [1.29, 1.82) is 0 Å². The summed E-state index contributed by atoms with van der Waals surface area (Å²) in [4.78, 5) is 51.3. The van der Waals surface area contributed by atoms with E-state index in [1.807, 2.05) is 35.2 Å². The summed E-state index contributed by atoms with van der Waals surface area (Å²) in [6.45, 7) is 0.604. The number of halogens is 1. The zero-order valence-corrected chi connectivity index (χ0v) is 24.4. The summed E-state index contributed by atoms with van der Waals surface area (Å²) in [5, 5.41) is 23.5. The van der Waals surface area contributed by atoms with Gasteiger partial charge in [-0.15, -0.1) is 35.3 Å². The monoisotopic (exact) mass is 622 g/mol. The maximum absolute atomic E-state index is 12.9. The smallest absolute Gasteiger partial charge is 0.352 e. The number of hydrogen-bond acceptors (Lipinski definition) is 9. The van der Waals surface area contributed by atoms with Crippen molar-refractivity contribution in [2.75, 3.05) is 17.3 Å². The predicted molar refractivity (Wildman–Crippen MR) is 151 cm³/mol. The molecule has 0 saturated carbocycles. The fraction of sp³-hybridized carbons (Fsp3) is 0.346. The van der Waals surface area contributed by atoms with Crippen LogP contribution in [-0.2, 0) is 25.7 Å². The van der Waals surface area contributed by atoms with E-state index in [1.54, 1.807) is 18.2 Å². The summed E-state index contributed by atoms with van der Waals surface area (Å²) >= 11 is 10.2. The van der Waals surface area contributed by atoms with E-state index in [-0.39, 0.29) is 17.4 Å². The lowest BCUT2D eigenvalue weighted by Crippen LogP contribution is -2.70. The molecule has 3 heterocycles. The van der Waals surface area contributed by atoms with E-state index in [9.17, 15) is 29.4 Å². The number of β-lactam (4-membered cyclic amide) rings is 1. The molecule has 4 rings (SSSR count). The number of benzene rings is 1. The summed E-state index contributed by atoms with van der Waals surface area (Å²) in [6.07, 6.45) is 4.63. The van der Waals surface area contributed by atoms with E-state index < -0.39 is 35.3 Å². The third-order valence-corrected chi connectivity index (χ3v) is 9.91. The number of carboxylic acids is 2. The molecule has 1 aromatic carbocycles. The predicted octanol–water partition coefficient (Wildman–Crippen LogP) is 1.11. The second-order valence-corrected chi connectivity index (χ2v) is 12.7. The summed E-state index contributed by atoms with van der Waals surface area (Å²) < 4.78 is 1.91. The van der Waals surface area contributed by atoms with Gasteiger partial charge in [0.1, 0.15) is 23.7 Å². The Labute approximate surface area is 248 Å². The van der Waals surface area contributed by atoms with Crippen molar-refractivity contribution < 1.29 is 34.0 Å². The number of hydrogen-bond donors (Lipinski definition) is 3. The maximum Gasteiger partial charge on any atom is 0.352 e. The molecule has 2 aromatic rings. The van der Waals surface area contributed by atoms with Gasteiger partial charge in [0.05, 0.1) is 11.7 Å². The maximum atomic E-state index is 12.9. The summed E-state index contributed by atoms with van der Waals surface area (Å²) in [5.41, 5.74) is 6.10. The Kier molecular flexibility index (Phi) is 10.4. The van der Waals surface area contributed by atoms with Gasteiger partial charge in [0.25, 0.3) is 5.91 Å². The molecule has 2 amide bonds. The summed E-state index contributed by atoms with van der Waals surface area (Å²) in [7, 11) is 0. The summed E-state index contributed by atoms with van der Waals surface area (Å²) in [5.74, 6) is -2.25. The molecule has 14 heteroatoms. The van der Waals surface area contributed by atoms with Crippen LogP contribution in [0.3, 0.4) is 0 Å². The standard InChI is InChI=1S/C26H27ClN4O6S3/c27-16-3-1-4-18(11-16)39-14-20(32)29-21-23(33)31-22(26(36)37)15(13-40-24(21)31)12-38-17-6-9-30(10-7-17)8-2-5-19(28)25(34)35/h1,3-4,6-7,9-11,19,21,24H,2,5,8,12-14,28H2,(H2-,29,32,34,35,36,37)/t19-,21+,24+/m0/s1. The van der Waals surface area contributed by atoms with Crippen molar-refractivity contribution >= 4 is 70.6 Å². The first-order chi connectivity index (χ1) is 19.1. The van der Waals surface area contributed by atoms with Gasteiger partial charge in [-0.25, -0.2) is 9.36 Å². The number of pyridine rings is 1. The minimum absolute atomic E-state index is 0.0182. The van der Waals surface area contributed by atoms with E-state index >= 15 is 0 Å². The van der Waals surface area contributed by atoms with Crippen molar-refractivity contribution in [3.63, 3.8) is 0 Å². The molecule has 2 aliphatic heterocycles. The molecular formula is C26H27ClN4O6S3. The van der Waals surface area contributed by atoms with Crippen molar-refractivity contribution in [3.8, 4) is 0 Å². The molecule has 0 spiro atoms. The first-order valence-corrected chi connectivity index (χ1v) is 15.7. The lowest BCUT2D eigenvalue weighted by molar-refractivity contribution is -0.697. The largest absolute Gasteiger partial charge is 0.548 e. The molecule has 0 bridgehead atoms. The summed E-state index contributed by atoms with van der Waals surface area (Å²) in [6, 6.07) is 9.16. The number of nitrogens with one attached hydrogen (secondary N) is 1. The Balaban J connectivity index is 1.30. The highest BCUT2D eigenvalue weighted by Crippen LogP contribution is 2.41. The average Bonchev–Trinajstić information content (AvgIpc) is 2.93. The van der Waals surface area contributed by atoms with E-state index in [1.165, 1.54) is 40.2 Å². The minimum atomic E-state index is -1.26. The van der Waals surface area contributed by atoms with Crippen molar-refractivity contribution in [2.45, 2.75) is 46.6 Å². The van der Waals surface area contributed by atoms with Crippen LogP contribution in [0, 0.1) is 0 Å². The number of aliphatic carboxylic acids is 2. The highest BCUT2D eigenvalue weighted by atomic mass is 35.5. The molecular weight excluding hydrogens is 596 g/mol. The van der Waals surface area contributed by atoms with Crippen LogP contribution in [0.5, 0.6) is 0 Å². The van der Waals surface area contributed by atoms with Crippen LogP contribution >= 0.6 is 46.9 Å². The van der Waals surface area contributed by atoms with Gasteiger partial charge in [0.2, 0.25) is 5.91 Å². The third kappa shape index (κ3) is 7.52. The van der Waals surface area contributed by atoms with Gasteiger partial charge in [-0.3, -0.25) is 14.5 Å². The molecule has 1 aromatic heterocycles. The lowest BCUT2D eigenvalue weighted by atomic mass is 10.0. The number of aryl methyl sites for hydroxylation is 1. The molecule has 40 heavy (non-hydrogen) atoms. The van der Waals surface area contributed by atoms with Crippen LogP contribution in [0.15, 0.2) is 69.9 Å². The Hall–Kier alpha value is -2.71. The molecule has 0 aliphatic carbocycles. The Bertz CT molecular complexity index is 1330. The fourth-order valence-corrected chi connectivity index (χ4v) is 7.58. The zero-order valence-electron chi connectivity index (χ0n) is 21.2. The topological polar surface area (TPSA) is 157 Å². The SMILES string of the molecule is N[C@@H](CCC[n+]1ccc(SCC2=C(C(=O)O)N3C(=O)[C@@H](NC(=O)CSc4cccc(Cl)c4)[C@H]3SC2)cc1)C(=O)[O-]. The minimum Gasteiger partial charge on any atom is -0.548 e. The molecule has 3 atom stereocenters. The number of carbonyl (C=O) groups excluding carboxylic acids is 3. The first-order valence-electron chi connectivity index (χ1n) is 12.3. The average molecular weight is 623 g/mol. The highest BCUT2D eigenvalue weighted by Gasteiger charge is 2.54. The number of carbonyl (C=O) groups is 4. The number of aromatic nitrogens is 1. The van der Waals surface area contributed by atoms with Crippen LogP contribution in [-0.4, -0.2) is 68.5 Å². The van der Waals surface area contributed by atoms with Gasteiger partial charge in [0, 0.05) is 50.9 Å². The van der Waals surface area contributed by atoms with Crippen molar-refractivity contribution in [2.24, 2.45) is 5.73 Å². The fourth-order valence-electron chi connectivity index (χ4n) is 4.19. The van der Waals surface area contributed by atoms with Crippen LogP contribution in [0.4, 0.5) is 0 Å². The van der Waals surface area contributed by atoms with Gasteiger partial charge in [-0.2, -0.15) is 0 Å². The van der Waals surface area contributed by atoms with E-state index in [0.29, 0.717) is 41.5 Å². The molecule has 212 valence electrons. The van der Waals surface area contributed by atoms with E-state index in [4.69, 9.17) is 17.3 Å². The second-order valence-electron chi connectivity index (χ2n) is 9.09. The number of rotatable bonds is 13. The third-order valence-electron chi connectivity index (χ3n) is 6.24. The molecule has 0 radical (unpaired) electrons. The van der Waals surface area contributed by atoms with Crippen molar-refractivity contribution in [3.05, 3.63) is 65.1 Å². The van der Waals surface area contributed by atoms with Crippen molar-refractivity contribution in [1.82, 2.24) is 10.2 Å². The van der Waals surface area contributed by atoms with Gasteiger partial charge in [-0.1, -0.05) is 17.7 Å². The number of nitrogens with two attached hydrogens (primary N) is 1. The van der Waals surface area contributed by atoms with Gasteiger partial charge in [0.15, 0.2) is 12.4 Å². The molecule has 0 unspecified atom stereocenters. The molecule has 10 nitrogen and oxygen atoms in total. The van der Waals surface area contributed by atoms with Gasteiger partial charge in [-0.05, 0) is 30.2 Å². The van der Waals surface area contributed by atoms with Gasteiger partial charge >= 0.3 is 5.97 Å². The second kappa shape index (κ2) is 13.8. The van der Waals surface area contributed by atoms with Crippen LogP contribution in [0.1, 0.15) is 12.8 Å². The zero-order chi connectivity index (χ0) is 28.8. The Morgan fingerprint density at radius 1 is 1.23 bits per heavy atom. The number of thioether (sulfide) groups is 3. The Morgan fingerprint density at radius 3 is 2.65 bits per heavy atom. The highest BCUT2D eigenvalue weighted by molar-refractivity contribution is 8.01. The number of fused-ring (bicyclic) bond motifs is 1. The normalized spacial score (nSPS) is 19.1. The number of amides is 2. The van der Waals surface area contributed by atoms with Crippen LogP contribution in [0.25, 0.3) is 0 Å².